The molecule has 2 aromatic carbocycles. The highest BCUT2D eigenvalue weighted by atomic mass is 32.1. The van der Waals surface area contributed by atoms with Gasteiger partial charge in [0.05, 0.1) is 12.8 Å². The second kappa shape index (κ2) is 9.66. The van der Waals surface area contributed by atoms with Gasteiger partial charge in [-0.05, 0) is 31.2 Å². The molecular weight excluding hydrogens is 406 g/mol. The van der Waals surface area contributed by atoms with Gasteiger partial charge in [-0.3, -0.25) is 10.1 Å². The zero-order chi connectivity index (χ0) is 21.5. The molecule has 0 aliphatic rings. The van der Waals surface area contributed by atoms with Gasteiger partial charge >= 0.3 is 12.0 Å². The zero-order valence-corrected chi connectivity index (χ0v) is 17.1. The Morgan fingerprint density at radius 3 is 2.40 bits per heavy atom. The summed E-state index contributed by atoms with van der Waals surface area (Å²) in [6.45, 7) is 1.11. The van der Waals surface area contributed by atoms with E-state index in [1.807, 2.05) is 30.3 Å². The number of methoxy groups -OCH3 is 1. The lowest BCUT2D eigenvalue weighted by Gasteiger charge is -2.08. The van der Waals surface area contributed by atoms with Crippen molar-refractivity contribution in [3.05, 3.63) is 65.2 Å². The summed E-state index contributed by atoms with van der Waals surface area (Å²) in [5.41, 5.74) is 1.88. The molecule has 0 spiro atoms. The predicted molar refractivity (Wildman–Crippen MR) is 113 cm³/mol. The summed E-state index contributed by atoms with van der Waals surface area (Å²) in [7, 11) is 1.53. The number of carbonyl (C=O) groups is 3. The number of hydrogen-bond acceptors (Lipinski definition) is 7. The Labute approximate surface area is 176 Å². The van der Waals surface area contributed by atoms with Crippen molar-refractivity contribution in [3.63, 3.8) is 0 Å². The summed E-state index contributed by atoms with van der Waals surface area (Å²) in [6, 6.07) is 15.3. The van der Waals surface area contributed by atoms with E-state index in [1.165, 1.54) is 18.4 Å². The maximum absolute atomic E-state index is 12.3. The summed E-state index contributed by atoms with van der Waals surface area (Å²) >= 11 is 1.18. The Bertz CT molecular complexity index is 1050. The highest BCUT2D eigenvalue weighted by molar-refractivity contribution is 7.17. The number of urea groups is 1. The predicted octanol–water partition coefficient (Wildman–Crippen LogP) is 3.63. The van der Waals surface area contributed by atoms with Crippen LogP contribution in [0.2, 0.25) is 0 Å². The van der Waals surface area contributed by atoms with Crippen molar-refractivity contribution in [3.8, 4) is 16.3 Å². The Hall–Kier alpha value is -3.72. The van der Waals surface area contributed by atoms with Gasteiger partial charge in [0, 0.05) is 11.3 Å². The minimum absolute atomic E-state index is 0.310. The number of benzene rings is 2. The molecule has 154 valence electrons. The number of nitrogens with one attached hydrogen (secondary N) is 2. The zero-order valence-electron chi connectivity index (χ0n) is 16.3. The summed E-state index contributed by atoms with van der Waals surface area (Å²) in [4.78, 5) is 40.8. The van der Waals surface area contributed by atoms with Crippen molar-refractivity contribution < 1.29 is 23.9 Å². The Morgan fingerprint density at radius 2 is 1.73 bits per heavy atom. The molecule has 0 atom stereocenters. The van der Waals surface area contributed by atoms with E-state index >= 15 is 0 Å². The first-order chi connectivity index (χ1) is 14.5. The number of imide groups is 1. The number of nitrogens with zero attached hydrogens (tertiary/aromatic N) is 1. The molecule has 0 radical (unpaired) electrons. The van der Waals surface area contributed by atoms with Crippen molar-refractivity contribution >= 4 is 34.9 Å². The molecule has 0 bridgehead atoms. The molecule has 2 N–H and O–H groups in total. The minimum Gasteiger partial charge on any atom is -0.497 e. The summed E-state index contributed by atoms with van der Waals surface area (Å²) in [6.07, 6.45) is 0. The normalized spacial score (nSPS) is 10.2. The molecule has 0 aliphatic carbocycles. The molecule has 0 fully saturated rings. The van der Waals surface area contributed by atoms with E-state index < -0.39 is 24.5 Å². The number of rotatable bonds is 6. The third kappa shape index (κ3) is 5.42. The SMILES string of the molecule is COc1ccc(NC(=O)NC(=O)COC(=O)c2sc(-c3ccccc3)nc2C)cc1. The first-order valence-electron chi connectivity index (χ1n) is 8.91. The molecule has 30 heavy (non-hydrogen) atoms. The minimum atomic E-state index is -0.750. The van der Waals surface area contributed by atoms with Gasteiger partial charge < -0.3 is 14.8 Å². The Balaban J connectivity index is 1.51. The van der Waals surface area contributed by atoms with Crippen LogP contribution in [0.4, 0.5) is 10.5 Å². The van der Waals surface area contributed by atoms with Gasteiger partial charge in [-0.2, -0.15) is 0 Å². The molecule has 1 aromatic heterocycles. The van der Waals surface area contributed by atoms with Crippen LogP contribution in [0.3, 0.4) is 0 Å². The van der Waals surface area contributed by atoms with Crippen molar-refractivity contribution in [2.45, 2.75) is 6.92 Å². The number of carbonyl (C=O) groups excluding carboxylic acids is 3. The molecule has 3 amide bonds. The second-order valence-electron chi connectivity index (χ2n) is 6.11. The van der Waals surface area contributed by atoms with Crippen LogP contribution in [0.15, 0.2) is 54.6 Å². The van der Waals surface area contributed by atoms with Crippen LogP contribution in [0.5, 0.6) is 5.75 Å². The number of hydrogen-bond donors (Lipinski definition) is 2. The van der Waals surface area contributed by atoms with Crippen molar-refractivity contribution in [1.29, 1.82) is 0 Å². The van der Waals surface area contributed by atoms with E-state index in [-0.39, 0.29) is 0 Å². The molecule has 3 aromatic rings. The average molecular weight is 425 g/mol. The molecule has 8 nitrogen and oxygen atoms in total. The average Bonchev–Trinajstić information content (AvgIpc) is 3.15. The molecule has 0 aliphatic heterocycles. The largest absolute Gasteiger partial charge is 0.497 e. The highest BCUT2D eigenvalue weighted by Gasteiger charge is 2.19. The molecular formula is C21H19N3O5S. The van der Waals surface area contributed by atoms with Crippen LogP contribution in [-0.4, -0.2) is 36.6 Å². The van der Waals surface area contributed by atoms with E-state index in [0.717, 1.165) is 5.56 Å². The number of aryl methyl sites for hydroxylation is 1. The highest BCUT2D eigenvalue weighted by Crippen LogP contribution is 2.28. The molecule has 3 rings (SSSR count). The van der Waals surface area contributed by atoms with Crippen LogP contribution in [0.25, 0.3) is 10.6 Å². The van der Waals surface area contributed by atoms with Gasteiger partial charge in [0.15, 0.2) is 6.61 Å². The third-order valence-corrected chi connectivity index (χ3v) is 5.12. The summed E-state index contributed by atoms with van der Waals surface area (Å²) in [5, 5.41) is 5.28. The van der Waals surface area contributed by atoms with E-state index in [4.69, 9.17) is 9.47 Å². The standard InChI is InChI=1S/C21H19N3O5S/c1-13-18(30-19(22-13)14-6-4-3-5-7-14)20(26)29-12-17(25)24-21(27)23-15-8-10-16(28-2)11-9-15/h3-11H,12H2,1-2H3,(H2,23,24,25,27). The molecule has 0 saturated heterocycles. The third-order valence-electron chi connectivity index (χ3n) is 3.94. The quantitative estimate of drug-likeness (QED) is 0.584. The van der Waals surface area contributed by atoms with Crippen LogP contribution >= 0.6 is 11.3 Å². The van der Waals surface area contributed by atoms with Gasteiger partial charge in [-0.15, -0.1) is 11.3 Å². The molecule has 1 heterocycles. The van der Waals surface area contributed by atoms with Gasteiger partial charge in [-0.1, -0.05) is 30.3 Å². The Morgan fingerprint density at radius 1 is 1.03 bits per heavy atom. The first kappa shape index (κ1) is 21.0. The first-order valence-corrected chi connectivity index (χ1v) is 9.73. The number of ether oxygens (including phenoxy) is 2. The van der Waals surface area contributed by atoms with E-state index in [0.29, 0.717) is 27.0 Å². The fraction of sp³-hybridized carbons (Fsp3) is 0.143. The lowest BCUT2D eigenvalue weighted by Crippen LogP contribution is -2.37. The van der Waals surface area contributed by atoms with Crippen LogP contribution < -0.4 is 15.4 Å². The van der Waals surface area contributed by atoms with E-state index in [1.54, 1.807) is 31.2 Å². The summed E-state index contributed by atoms with van der Waals surface area (Å²) < 4.78 is 10.1. The maximum atomic E-state index is 12.3. The van der Waals surface area contributed by atoms with Gasteiger partial charge in [0.25, 0.3) is 5.91 Å². The van der Waals surface area contributed by atoms with Crippen molar-refractivity contribution in [2.75, 3.05) is 19.0 Å². The van der Waals surface area contributed by atoms with Gasteiger partial charge in [0.1, 0.15) is 15.6 Å². The van der Waals surface area contributed by atoms with Crippen molar-refractivity contribution in [1.82, 2.24) is 10.3 Å². The van der Waals surface area contributed by atoms with Crippen molar-refractivity contribution in [2.24, 2.45) is 0 Å². The van der Waals surface area contributed by atoms with Gasteiger partial charge in [0.2, 0.25) is 0 Å². The molecule has 0 unspecified atom stereocenters. The Kier molecular flexibility index (Phi) is 6.76. The number of anilines is 1. The smallest absolute Gasteiger partial charge is 0.350 e. The number of esters is 1. The fourth-order valence-electron chi connectivity index (χ4n) is 2.49. The maximum Gasteiger partial charge on any atom is 0.350 e. The van der Waals surface area contributed by atoms with Crippen LogP contribution in [0, 0.1) is 6.92 Å². The lowest BCUT2D eigenvalue weighted by molar-refractivity contribution is -0.123. The van der Waals surface area contributed by atoms with E-state index in [9.17, 15) is 14.4 Å². The second-order valence-corrected chi connectivity index (χ2v) is 7.11. The van der Waals surface area contributed by atoms with Crippen LogP contribution in [-0.2, 0) is 9.53 Å². The number of amides is 3. The number of thiazole rings is 1. The fourth-order valence-corrected chi connectivity index (χ4v) is 3.45. The monoisotopic (exact) mass is 425 g/mol. The molecule has 9 heteroatoms. The van der Waals surface area contributed by atoms with E-state index in [2.05, 4.69) is 15.6 Å². The number of aromatic nitrogens is 1. The lowest BCUT2D eigenvalue weighted by atomic mass is 10.2. The van der Waals surface area contributed by atoms with Crippen LogP contribution in [0.1, 0.15) is 15.4 Å². The molecule has 0 saturated carbocycles. The van der Waals surface area contributed by atoms with Gasteiger partial charge in [-0.25, -0.2) is 14.6 Å². The topological polar surface area (TPSA) is 107 Å². The summed E-state index contributed by atoms with van der Waals surface area (Å²) in [5.74, 6) is -0.782.